The highest BCUT2D eigenvalue weighted by Gasteiger charge is 2.31. The second-order valence-corrected chi connectivity index (χ2v) is 6.92. The Morgan fingerprint density at radius 2 is 1.75 bits per heavy atom. The van der Waals surface area contributed by atoms with Gasteiger partial charge in [-0.05, 0) is 31.6 Å². The molecule has 2 aliphatic rings. The summed E-state index contributed by atoms with van der Waals surface area (Å²) < 4.78 is 5.60. The zero-order chi connectivity index (χ0) is 14.2. The molecule has 20 heavy (non-hydrogen) atoms. The van der Waals surface area contributed by atoms with Crippen LogP contribution in [0, 0.1) is 11.8 Å². The van der Waals surface area contributed by atoms with Gasteiger partial charge < -0.3 is 10.1 Å². The fourth-order valence-electron chi connectivity index (χ4n) is 4.10. The summed E-state index contributed by atoms with van der Waals surface area (Å²) in [6.45, 7) is 8.42. The summed E-state index contributed by atoms with van der Waals surface area (Å²) in [7, 11) is 0. The monoisotopic (exact) mass is 279 g/mol. The molecule has 0 aromatic carbocycles. The molecule has 0 spiro atoms. The Bertz CT molecular complexity index is 283. The van der Waals surface area contributed by atoms with E-state index < -0.39 is 0 Å². The van der Waals surface area contributed by atoms with Crippen molar-refractivity contribution in [2.24, 2.45) is 11.8 Å². The molecule has 2 aliphatic carbocycles. The molecule has 0 aromatic heterocycles. The van der Waals surface area contributed by atoms with Gasteiger partial charge in [0.05, 0.1) is 13.2 Å². The second kappa shape index (κ2) is 8.84. The van der Waals surface area contributed by atoms with Crippen molar-refractivity contribution in [1.82, 2.24) is 5.32 Å². The summed E-state index contributed by atoms with van der Waals surface area (Å²) >= 11 is 0. The lowest BCUT2D eigenvalue weighted by Crippen LogP contribution is -2.43. The SMILES string of the molecule is C=C(C)COCCNC1CCCCC1C1CCCCC1. The molecular formula is C18H33NO. The van der Waals surface area contributed by atoms with E-state index in [2.05, 4.69) is 11.9 Å². The van der Waals surface area contributed by atoms with Gasteiger partial charge in [-0.3, -0.25) is 0 Å². The number of ether oxygens (including phenoxy) is 1. The molecule has 116 valence electrons. The lowest BCUT2D eigenvalue weighted by Gasteiger charge is -2.39. The van der Waals surface area contributed by atoms with E-state index in [1.54, 1.807) is 0 Å². The maximum absolute atomic E-state index is 5.60. The lowest BCUT2D eigenvalue weighted by atomic mass is 9.71. The standard InChI is InChI=1S/C18H33NO/c1-15(2)14-20-13-12-19-18-11-7-6-10-17(18)16-8-4-3-5-9-16/h16-19H,1,3-14H2,2H3. The quantitative estimate of drug-likeness (QED) is 0.554. The van der Waals surface area contributed by atoms with E-state index in [9.17, 15) is 0 Å². The average molecular weight is 279 g/mol. The third-order valence-corrected chi connectivity index (χ3v) is 5.08. The highest BCUT2D eigenvalue weighted by atomic mass is 16.5. The molecule has 2 unspecified atom stereocenters. The molecule has 2 saturated carbocycles. The zero-order valence-corrected chi connectivity index (χ0v) is 13.3. The predicted molar refractivity (Wildman–Crippen MR) is 86.0 cm³/mol. The topological polar surface area (TPSA) is 21.3 Å². The first-order chi connectivity index (χ1) is 9.77. The van der Waals surface area contributed by atoms with Gasteiger partial charge >= 0.3 is 0 Å². The van der Waals surface area contributed by atoms with Crippen LogP contribution in [0.2, 0.25) is 0 Å². The molecule has 0 aliphatic heterocycles. The van der Waals surface area contributed by atoms with Gasteiger partial charge in [-0.2, -0.15) is 0 Å². The number of hydrogen-bond donors (Lipinski definition) is 1. The second-order valence-electron chi connectivity index (χ2n) is 6.92. The van der Waals surface area contributed by atoms with Crippen LogP contribution in [-0.2, 0) is 4.74 Å². The first-order valence-corrected chi connectivity index (χ1v) is 8.73. The van der Waals surface area contributed by atoms with E-state index in [1.807, 2.05) is 6.92 Å². The molecular weight excluding hydrogens is 246 g/mol. The first-order valence-electron chi connectivity index (χ1n) is 8.73. The summed E-state index contributed by atoms with van der Waals surface area (Å²) in [5.41, 5.74) is 1.11. The number of nitrogens with one attached hydrogen (secondary N) is 1. The highest BCUT2D eigenvalue weighted by Crippen LogP contribution is 2.38. The van der Waals surface area contributed by atoms with Gasteiger partial charge in [-0.1, -0.05) is 57.1 Å². The number of rotatable bonds is 7. The molecule has 2 heteroatoms. The summed E-state index contributed by atoms with van der Waals surface area (Å²) in [5, 5.41) is 3.79. The third kappa shape index (κ3) is 5.21. The zero-order valence-electron chi connectivity index (χ0n) is 13.3. The summed E-state index contributed by atoms with van der Waals surface area (Å²) in [5.74, 6) is 1.93. The minimum Gasteiger partial charge on any atom is -0.376 e. The van der Waals surface area contributed by atoms with Gasteiger partial charge in [0, 0.05) is 12.6 Å². The van der Waals surface area contributed by atoms with Crippen LogP contribution < -0.4 is 5.32 Å². The van der Waals surface area contributed by atoms with Crippen LogP contribution in [0.5, 0.6) is 0 Å². The van der Waals surface area contributed by atoms with Crippen LogP contribution in [0.25, 0.3) is 0 Å². The van der Waals surface area contributed by atoms with Crippen molar-refractivity contribution in [1.29, 1.82) is 0 Å². The van der Waals surface area contributed by atoms with Crippen molar-refractivity contribution < 1.29 is 4.74 Å². The smallest absolute Gasteiger partial charge is 0.0672 e. The van der Waals surface area contributed by atoms with Crippen molar-refractivity contribution in [2.75, 3.05) is 19.8 Å². The first kappa shape index (κ1) is 16.0. The molecule has 2 nitrogen and oxygen atoms in total. The molecule has 2 fully saturated rings. The number of hydrogen-bond acceptors (Lipinski definition) is 2. The van der Waals surface area contributed by atoms with Gasteiger partial charge in [0.2, 0.25) is 0 Å². The van der Waals surface area contributed by atoms with Crippen molar-refractivity contribution in [3.63, 3.8) is 0 Å². The lowest BCUT2D eigenvalue weighted by molar-refractivity contribution is 0.125. The average Bonchev–Trinajstić information content (AvgIpc) is 2.48. The minimum absolute atomic E-state index is 0.707. The third-order valence-electron chi connectivity index (χ3n) is 5.08. The maximum atomic E-state index is 5.60. The van der Waals surface area contributed by atoms with E-state index in [-0.39, 0.29) is 0 Å². The maximum Gasteiger partial charge on any atom is 0.0672 e. The molecule has 1 N–H and O–H groups in total. The van der Waals surface area contributed by atoms with Crippen LogP contribution in [0.3, 0.4) is 0 Å². The van der Waals surface area contributed by atoms with Crippen molar-refractivity contribution in [3.05, 3.63) is 12.2 Å². The van der Waals surface area contributed by atoms with Crippen LogP contribution in [0.4, 0.5) is 0 Å². The van der Waals surface area contributed by atoms with Gasteiger partial charge in [-0.25, -0.2) is 0 Å². The van der Waals surface area contributed by atoms with Crippen LogP contribution >= 0.6 is 0 Å². The Hall–Kier alpha value is -0.340. The van der Waals surface area contributed by atoms with Crippen LogP contribution in [-0.4, -0.2) is 25.8 Å². The highest BCUT2D eigenvalue weighted by molar-refractivity contribution is 4.88. The van der Waals surface area contributed by atoms with Crippen molar-refractivity contribution >= 4 is 0 Å². The molecule has 0 saturated heterocycles. The Balaban J connectivity index is 1.70. The molecule has 0 amide bonds. The molecule has 0 heterocycles. The Morgan fingerprint density at radius 1 is 1.05 bits per heavy atom. The van der Waals surface area contributed by atoms with Gasteiger partial charge in [0.1, 0.15) is 0 Å². The van der Waals surface area contributed by atoms with E-state index in [1.165, 1.54) is 57.8 Å². The summed E-state index contributed by atoms with van der Waals surface area (Å²) in [6.07, 6.45) is 13.1. The van der Waals surface area contributed by atoms with Gasteiger partial charge in [0.15, 0.2) is 0 Å². The van der Waals surface area contributed by atoms with Gasteiger partial charge in [-0.15, -0.1) is 0 Å². The van der Waals surface area contributed by atoms with E-state index >= 15 is 0 Å². The molecule has 0 aromatic rings. The fraction of sp³-hybridized carbons (Fsp3) is 0.889. The van der Waals surface area contributed by atoms with Gasteiger partial charge in [0.25, 0.3) is 0 Å². The predicted octanol–water partition coefficient (Wildman–Crippen LogP) is 4.31. The van der Waals surface area contributed by atoms with Crippen molar-refractivity contribution in [3.8, 4) is 0 Å². The minimum atomic E-state index is 0.707. The summed E-state index contributed by atoms with van der Waals surface area (Å²) in [6, 6.07) is 0.750. The van der Waals surface area contributed by atoms with Crippen LogP contribution in [0.1, 0.15) is 64.7 Å². The normalized spacial score (nSPS) is 28.4. The van der Waals surface area contributed by atoms with E-state index in [0.717, 1.165) is 36.6 Å². The largest absolute Gasteiger partial charge is 0.376 e. The molecule has 2 rings (SSSR count). The molecule has 2 atom stereocenters. The Kier molecular flexibility index (Phi) is 7.09. The fourth-order valence-corrected chi connectivity index (χ4v) is 4.10. The molecule has 0 radical (unpaired) electrons. The Morgan fingerprint density at radius 3 is 2.50 bits per heavy atom. The van der Waals surface area contributed by atoms with Crippen LogP contribution in [0.15, 0.2) is 12.2 Å². The van der Waals surface area contributed by atoms with Crippen molar-refractivity contribution in [2.45, 2.75) is 70.8 Å². The summed E-state index contributed by atoms with van der Waals surface area (Å²) in [4.78, 5) is 0. The molecule has 0 bridgehead atoms. The Labute approximate surface area is 125 Å². The van der Waals surface area contributed by atoms with E-state index in [0.29, 0.717) is 6.61 Å². The van der Waals surface area contributed by atoms with E-state index in [4.69, 9.17) is 4.74 Å².